The van der Waals surface area contributed by atoms with Gasteiger partial charge in [0.25, 0.3) is 5.91 Å². The van der Waals surface area contributed by atoms with E-state index >= 15 is 0 Å². The summed E-state index contributed by atoms with van der Waals surface area (Å²) >= 11 is 0. The normalized spacial score (nSPS) is 19.0. The minimum absolute atomic E-state index is 0.0283. The summed E-state index contributed by atoms with van der Waals surface area (Å²) in [5, 5.41) is 9.53. The Bertz CT molecular complexity index is 951. The number of rotatable bonds is 4. The van der Waals surface area contributed by atoms with Crippen molar-refractivity contribution in [3.63, 3.8) is 0 Å². The van der Waals surface area contributed by atoms with Gasteiger partial charge in [-0.05, 0) is 17.7 Å². The monoisotopic (exact) mass is 390 g/mol. The van der Waals surface area contributed by atoms with Crippen LogP contribution in [0.3, 0.4) is 0 Å². The van der Waals surface area contributed by atoms with E-state index in [1.54, 1.807) is 12.1 Å². The van der Waals surface area contributed by atoms with Crippen LogP contribution in [0.25, 0.3) is 0 Å². The molecule has 1 amide bonds. The van der Waals surface area contributed by atoms with E-state index in [2.05, 4.69) is 15.7 Å². The van der Waals surface area contributed by atoms with E-state index in [9.17, 15) is 18.0 Å². The molecule has 1 aliphatic rings. The molecule has 0 saturated heterocycles. The lowest BCUT2D eigenvalue weighted by atomic mass is 10.0. The number of aromatic nitrogens is 2. The Morgan fingerprint density at radius 2 is 2.04 bits per heavy atom. The predicted molar refractivity (Wildman–Crippen MR) is 94.6 cm³/mol. The van der Waals surface area contributed by atoms with Gasteiger partial charge in [0, 0.05) is 13.0 Å². The number of fused-ring (bicyclic) bond motifs is 1. The van der Waals surface area contributed by atoms with Crippen molar-refractivity contribution in [3.05, 3.63) is 71.8 Å². The number of amides is 1. The Morgan fingerprint density at radius 1 is 1.25 bits per heavy atom. The highest BCUT2D eigenvalue weighted by molar-refractivity contribution is 5.98. The van der Waals surface area contributed by atoms with E-state index in [4.69, 9.17) is 4.42 Å². The summed E-state index contributed by atoms with van der Waals surface area (Å²) in [6, 6.07) is 9.87. The number of carbonyl (C=O) groups excluding carboxylic acids is 1. The number of halogens is 3. The molecule has 1 aliphatic heterocycles. The van der Waals surface area contributed by atoms with Gasteiger partial charge in [-0.1, -0.05) is 30.3 Å². The molecule has 28 heavy (non-hydrogen) atoms. The van der Waals surface area contributed by atoms with Crippen LogP contribution in [0.2, 0.25) is 0 Å². The van der Waals surface area contributed by atoms with Crippen LogP contribution >= 0.6 is 0 Å². The van der Waals surface area contributed by atoms with Crippen LogP contribution in [0.5, 0.6) is 0 Å². The fourth-order valence-corrected chi connectivity index (χ4v) is 3.28. The van der Waals surface area contributed by atoms with Gasteiger partial charge in [0.05, 0.1) is 18.5 Å². The molecule has 2 aromatic heterocycles. The maximum Gasteiger partial charge on any atom is 0.410 e. The van der Waals surface area contributed by atoms with Crippen molar-refractivity contribution in [2.24, 2.45) is 0 Å². The van der Waals surface area contributed by atoms with Crippen LogP contribution in [0, 0.1) is 0 Å². The highest BCUT2D eigenvalue weighted by Gasteiger charge is 2.47. The lowest BCUT2D eigenvalue weighted by molar-refractivity contribution is -0.174. The molecular formula is C19H17F3N4O2. The molecule has 0 radical (unpaired) electrons. The summed E-state index contributed by atoms with van der Waals surface area (Å²) in [6.07, 6.45) is -2.23. The Balaban J connectivity index is 1.61. The maximum absolute atomic E-state index is 13.6. The van der Waals surface area contributed by atoms with Crippen molar-refractivity contribution < 1.29 is 22.4 Å². The lowest BCUT2D eigenvalue weighted by Crippen LogP contribution is -2.36. The van der Waals surface area contributed by atoms with Crippen LogP contribution in [-0.2, 0) is 6.54 Å². The van der Waals surface area contributed by atoms with E-state index in [1.165, 1.54) is 6.26 Å². The fourth-order valence-electron chi connectivity index (χ4n) is 3.28. The second-order valence-electron chi connectivity index (χ2n) is 6.53. The summed E-state index contributed by atoms with van der Waals surface area (Å²) in [6.45, 7) is 0.259. The molecule has 0 fully saturated rings. The first-order valence-corrected chi connectivity index (χ1v) is 8.70. The molecule has 0 saturated carbocycles. The standard InChI is InChI=1S/C19H17F3N4O2/c20-19(21,22)16-9-14(15-7-4-8-28-15)25-17-13(11-24-26(16)17)18(27)23-10-12-5-2-1-3-6-12/h1-8,11,14,16,25H,9-10H2,(H,23,27)/t14-,16-/m1/s1. The number of nitrogens with zero attached hydrogens (tertiary/aromatic N) is 2. The zero-order chi connectivity index (χ0) is 19.7. The largest absolute Gasteiger partial charge is 0.467 e. The van der Waals surface area contributed by atoms with Gasteiger partial charge in [-0.2, -0.15) is 18.3 Å². The summed E-state index contributed by atoms with van der Waals surface area (Å²) in [5.74, 6) is -0.100. The average molecular weight is 390 g/mol. The first-order chi connectivity index (χ1) is 13.4. The lowest BCUT2D eigenvalue weighted by Gasteiger charge is -2.32. The maximum atomic E-state index is 13.6. The Hall–Kier alpha value is -3.23. The molecular weight excluding hydrogens is 373 g/mol. The third-order valence-corrected chi connectivity index (χ3v) is 4.67. The topological polar surface area (TPSA) is 72.1 Å². The Kier molecular flexibility index (Phi) is 4.58. The number of benzene rings is 1. The van der Waals surface area contributed by atoms with Crippen LogP contribution < -0.4 is 10.6 Å². The molecule has 2 N–H and O–H groups in total. The molecule has 3 heterocycles. The third kappa shape index (κ3) is 3.47. The summed E-state index contributed by atoms with van der Waals surface area (Å²) < 4.78 is 46.9. The van der Waals surface area contributed by atoms with Crippen LogP contribution in [0.4, 0.5) is 19.0 Å². The Morgan fingerprint density at radius 3 is 2.71 bits per heavy atom. The second-order valence-corrected chi connectivity index (χ2v) is 6.53. The zero-order valence-corrected chi connectivity index (χ0v) is 14.6. The number of alkyl halides is 3. The van der Waals surface area contributed by atoms with E-state index in [1.807, 2.05) is 30.3 Å². The number of furan rings is 1. The van der Waals surface area contributed by atoms with Gasteiger partial charge in [-0.3, -0.25) is 4.79 Å². The molecule has 2 atom stereocenters. The minimum atomic E-state index is -4.51. The predicted octanol–water partition coefficient (Wildman–Crippen LogP) is 4.07. The van der Waals surface area contributed by atoms with Crippen molar-refractivity contribution in [1.29, 1.82) is 0 Å². The van der Waals surface area contributed by atoms with Crippen molar-refractivity contribution in [1.82, 2.24) is 15.1 Å². The quantitative estimate of drug-likeness (QED) is 0.705. The second kappa shape index (κ2) is 7.06. The average Bonchev–Trinajstić information content (AvgIpc) is 3.35. The molecule has 0 spiro atoms. The van der Waals surface area contributed by atoms with E-state index < -0.39 is 24.2 Å². The molecule has 4 rings (SSSR count). The molecule has 0 bridgehead atoms. The molecule has 1 aromatic carbocycles. The van der Waals surface area contributed by atoms with Crippen LogP contribution in [0.15, 0.2) is 59.3 Å². The van der Waals surface area contributed by atoms with Gasteiger partial charge in [-0.15, -0.1) is 0 Å². The summed E-state index contributed by atoms with van der Waals surface area (Å²) in [5.41, 5.74) is 0.938. The minimum Gasteiger partial charge on any atom is -0.467 e. The third-order valence-electron chi connectivity index (χ3n) is 4.67. The first kappa shape index (κ1) is 18.1. The van der Waals surface area contributed by atoms with Crippen LogP contribution in [-0.4, -0.2) is 21.9 Å². The molecule has 0 unspecified atom stereocenters. The van der Waals surface area contributed by atoms with Crippen molar-refractivity contribution in [2.45, 2.75) is 31.2 Å². The number of hydrogen-bond donors (Lipinski definition) is 2. The zero-order valence-electron chi connectivity index (χ0n) is 14.6. The fraction of sp³-hybridized carbons (Fsp3) is 0.263. The SMILES string of the molecule is O=C(NCc1ccccc1)c1cnn2c1N[C@@H](c1ccco1)C[C@@H]2C(F)(F)F. The molecule has 6 nitrogen and oxygen atoms in total. The van der Waals surface area contributed by atoms with Gasteiger partial charge in [0.1, 0.15) is 17.1 Å². The molecule has 9 heteroatoms. The number of anilines is 1. The number of carbonyl (C=O) groups is 1. The van der Waals surface area contributed by atoms with Gasteiger partial charge in [0.15, 0.2) is 6.04 Å². The molecule has 146 valence electrons. The summed E-state index contributed by atoms with van der Waals surface area (Å²) in [7, 11) is 0. The van der Waals surface area contributed by atoms with Gasteiger partial charge < -0.3 is 15.1 Å². The van der Waals surface area contributed by atoms with E-state index in [0.29, 0.717) is 5.76 Å². The van der Waals surface area contributed by atoms with E-state index in [-0.39, 0.29) is 24.3 Å². The molecule has 0 aliphatic carbocycles. The van der Waals surface area contributed by atoms with Gasteiger partial charge in [-0.25, -0.2) is 4.68 Å². The smallest absolute Gasteiger partial charge is 0.410 e. The number of hydrogen-bond acceptors (Lipinski definition) is 4. The van der Waals surface area contributed by atoms with Crippen molar-refractivity contribution >= 4 is 11.7 Å². The van der Waals surface area contributed by atoms with Crippen LogP contribution in [0.1, 0.15) is 40.2 Å². The highest BCUT2D eigenvalue weighted by Crippen LogP contribution is 2.44. The summed E-state index contributed by atoms with van der Waals surface area (Å²) in [4.78, 5) is 12.6. The first-order valence-electron chi connectivity index (χ1n) is 8.70. The Labute approximate surface area is 158 Å². The molecule has 3 aromatic rings. The highest BCUT2D eigenvalue weighted by atomic mass is 19.4. The van der Waals surface area contributed by atoms with Crippen molar-refractivity contribution in [3.8, 4) is 0 Å². The van der Waals surface area contributed by atoms with Gasteiger partial charge in [0.2, 0.25) is 0 Å². The van der Waals surface area contributed by atoms with E-state index in [0.717, 1.165) is 16.4 Å². The number of nitrogens with one attached hydrogen (secondary N) is 2. The van der Waals surface area contributed by atoms with Crippen molar-refractivity contribution in [2.75, 3.05) is 5.32 Å². The van der Waals surface area contributed by atoms with Gasteiger partial charge >= 0.3 is 6.18 Å².